The Hall–Kier alpha value is -0.860. The molecule has 0 bridgehead atoms. The molecule has 0 aliphatic rings. The summed E-state index contributed by atoms with van der Waals surface area (Å²) in [5, 5.41) is 13.5. The van der Waals surface area contributed by atoms with Gasteiger partial charge >= 0.3 is 0 Å². The monoisotopic (exact) mass is 193 g/mol. The average Bonchev–Trinajstić information content (AvgIpc) is 2.20. The SMILES string of the molecule is CCC[C@@](O)(CNC)c1ccccc1. The van der Waals surface area contributed by atoms with Crippen molar-refractivity contribution >= 4 is 0 Å². The normalized spacial score (nSPS) is 15.1. The molecule has 0 saturated heterocycles. The lowest BCUT2D eigenvalue weighted by Gasteiger charge is -2.28. The van der Waals surface area contributed by atoms with Gasteiger partial charge in [-0.2, -0.15) is 0 Å². The Bertz CT molecular complexity index is 252. The van der Waals surface area contributed by atoms with Gasteiger partial charge in [-0.1, -0.05) is 43.7 Å². The maximum atomic E-state index is 10.4. The molecule has 0 saturated carbocycles. The summed E-state index contributed by atoms with van der Waals surface area (Å²) < 4.78 is 0. The van der Waals surface area contributed by atoms with E-state index in [-0.39, 0.29) is 0 Å². The van der Waals surface area contributed by atoms with Gasteiger partial charge < -0.3 is 10.4 Å². The van der Waals surface area contributed by atoms with Gasteiger partial charge in [-0.25, -0.2) is 0 Å². The highest BCUT2D eigenvalue weighted by Gasteiger charge is 2.26. The molecule has 78 valence electrons. The van der Waals surface area contributed by atoms with Crippen molar-refractivity contribution in [3.8, 4) is 0 Å². The lowest BCUT2D eigenvalue weighted by Crippen LogP contribution is -2.36. The van der Waals surface area contributed by atoms with Crippen molar-refractivity contribution in [2.75, 3.05) is 13.6 Å². The van der Waals surface area contributed by atoms with Crippen LogP contribution in [-0.2, 0) is 5.60 Å². The van der Waals surface area contributed by atoms with E-state index in [1.54, 1.807) is 0 Å². The molecule has 0 fully saturated rings. The Morgan fingerprint density at radius 3 is 2.43 bits per heavy atom. The van der Waals surface area contributed by atoms with E-state index in [0.29, 0.717) is 6.54 Å². The van der Waals surface area contributed by atoms with Gasteiger partial charge in [0.1, 0.15) is 5.60 Å². The van der Waals surface area contributed by atoms with Crippen LogP contribution in [-0.4, -0.2) is 18.7 Å². The second-order valence-electron chi connectivity index (χ2n) is 3.68. The van der Waals surface area contributed by atoms with E-state index in [4.69, 9.17) is 0 Å². The topological polar surface area (TPSA) is 32.3 Å². The molecule has 2 heteroatoms. The molecule has 0 spiro atoms. The van der Waals surface area contributed by atoms with Crippen LogP contribution in [0.4, 0.5) is 0 Å². The first-order valence-electron chi connectivity index (χ1n) is 5.15. The van der Waals surface area contributed by atoms with Crippen LogP contribution in [0.2, 0.25) is 0 Å². The van der Waals surface area contributed by atoms with Crippen molar-refractivity contribution in [2.24, 2.45) is 0 Å². The summed E-state index contributed by atoms with van der Waals surface area (Å²) in [5.74, 6) is 0. The van der Waals surface area contributed by atoms with Crippen molar-refractivity contribution in [1.82, 2.24) is 5.32 Å². The smallest absolute Gasteiger partial charge is 0.102 e. The zero-order chi connectivity index (χ0) is 10.4. The summed E-state index contributed by atoms with van der Waals surface area (Å²) in [7, 11) is 1.86. The highest BCUT2D eigenvalue weighted by atomic mass is 16.3. The number of likely N-dealkylation sites (N-methyl/N-ethyl adjacent to an activating group) is 1. The molecule has 0 aliphatic carbocycles. The minimum Gasteiger partial charge on any atom is -0.384 e. The van der Waals surface area contributed by atoms with Crippen molar-refractivity contribution in [3.05, 3.63) is 35.9 Å². The van der Waals surface area contributed by atoms with E-state index >= 15 is 0 Å². The third kappa shape index (κ3) is 2.56. The van der Waals surface area contributed by atoms with E-state index < -0.39 is 5.60 Å². The maximum Gasteiger partial charge on any atom is 0.102 e. The van der Waals surface area contributed by atoms with E-state index in [9.17, 15) is 5.11 Å². The molecule has 1 atom stereocenters. The van der Waals surface area contributed by atoms with E-state index in [1.807, 2.05) is 37.4 Å². The molecule has 0 aliphatic heterocycles. The molecule has 1 aromatic carbocycles. The lowest BCUT2D eigenvalue weighted by atomic mass is 9.89. The molecular formula is C12H19NO. The van der Waals surface area contributed by atoms with Crippen LogP contribution < -0.4 is 5.32 Å². The van der Waals surface area contributed by atoms with Gasteiger partial charge in [0.05, 0.1) is 0 Å². The van der Waals surface area contributed by atoms with E-state index in [2.05, 4.69) is 12.2 Å². The quantitative estimate of drug-likeness (QED) is 0.748. The predicted molar refractivity (Wildman–Crippen MR) is 59.2 cm³/mol. The zero-order valence-electron chi connectivity index (χ0n) is 8.96. The highest BCUT2D eigenvalue weighted by Crippen LogP contribution is 2.25. The molecule has 0 heterocycles. The summed E-state index contributed by atoms with van der Waals surface area (Å²) in [5.41, 5.74) is 0.279. The van der Waals surface area contributed by atoms with Crippen LogP contribution in [0.3, 0.4) is 0 Å². The van der Waals surface area contributed by atoms with Crippen molar-refractivity contribution in [2.45, 2.75) is 25.4 Å². The standard InChI is InChI=1S/C12H19NO/c1-3-9-12(14,10-13-2)11-7-5-4-6-8-11/h4-8,13-14H,3,9-10H2,1-2H3/t12-/m1/s1. The van der Waals surface area contributed by atoms with Crippen LogP contribution in [0.5, 0.6) is 0 Å². The van der Waals surface area contributed by atoms with Gasteiger partial charge in [0, 0.05) is 6.54 Å². The highest BCUT2D eigenvalue weighted by molar-refractivity contribution is 5.22. The molecule has 2 nitrogen and oxygen atoms in total. The molecule has 0 radical (unpaired) electrons. The Morgan fingerprint density at radius 1 is 1.29 bits per heavy atom. The molecule has 1 rings (SSSR count). The first-order chi connectivity index (χ1) is 6.73. The van der Waals surface area contributed by atoms with Crippen molar-refractivity contribution in [3.63, 3.8) is 0 Å². The number of rotatable bonds is 5. The van der Waals surface area contributed by atoms with Gasteiger partial charge in [0.25, 0.3) is 0 Å². The minimum absolute atomic E-state index is 0.602. The zero-order valence-corrected chi connectivity index (χ0v) is 8.96. The van der Waals surface area contributed by atoms with E-state index in [1.165, 1.54) is 0 Å². The fourth-order valence-corrected chi connectivity index (χ4v) is 1.79. The summed E-state index contributed by atoms with van der Waals surface area (Å²) in [4.78, 5) is 0. The molecule has 0 unspecified atom stereocenters. The number of hydrogen-bond acceptors (Lipinski definition) is 2. The fourth-order valence-electron chi connectivity index (χ4n) is 1.79. The Kier molecular flexibility index (Phi) is 4.11. The Morgan fingerprint density at radius 2 is 1.93 bits per heavy atom. The number of hydrogen-bond donors (Lipinski definition) is 2. The second kappa shape index (κ2) is 5.13. The third-order valence-electron chi connectivity index (χ3n) is 2.44. The molecular weight excluding hydrogens is 174 g/mol. The molecule has 0 aromatic heterocycles. The van der Waals surface area contributed by atoms with Gasteiger partial charge in [0.2, 0.25) is 0 Å². The largest absolute Gasteiger partial charge is 0.384 e. The third-order valence-corrected chi connectivity index (χ3v) is 2.44. The number of benzene rings is 1. The van der Waals surface area contributed by atoms with Crippen molar-refractivity contribution in [1.29, 1.82) is 0 Å². The average molecular weight is 193 g/mol. The van der Waals surface area contributed by atoms with Gasteiger partial charge in [0.15, 0.2) is 0 Å². The second-order valence-corrected chi connectivity index (χ2v) is 3.68. The van der Waals surface area contributed by atoms with Crippen LogP contribution in [0, 0.1) is 0 Å². The van der Waals surface area contributed by atoms with Crippen LogP contribution >= 0.6 is 0 Å². The van der Waals surface area contributed by atoms with Crippen molar-refractivity contribution < 1.29 is 5.11 Å². The van der Waals surface area contributed by atoms with Gasteiger partial charge in [-0.15, -0.1) is 0 Å². The minimum atomic E-state index is -0.717. The molecule has 14 heavy (non-hydrogen) atoms. The predicted octanol–water partition coefficient (Wildman–Crippen LogP) is 1.89. The lowest BCUT2D eigenvalue weighted by molar-refractivity contribution is 0.0289. The summed E-state index contributed by atoms with van der Waals surface area (Å²) in [6.07, 6.45) is 1.77. The van der Waals surface area contributed by atoms with Crippen LogP contribution in [0.25, 0.3) is 0 Å². The summed E-state index contributed by atoms with van der Waals surface area (Å²) in [6.45, 7) is 2.69. The molecule has 1 aromatic rings. The van der Waals surface area contributed by atoms with Crippen LogP contribution in [0.1, 0.15) is 25.3 Å². The van der Waals surface area contributed by atoms with Crippen LogP contribution in [0.15, 0.2) is 30.3 Å². The maximum absolute atomic E-state index is 10.4. The fraction of sp³-hybridized carbons (Fsp3) is 0.500. The van der Waals surface area contributed by atoms with E-state index in [0.717, 1.165) is 18.4 Å². The molecule has 0 amide bonds. The first kappa shape index (κ1) is 11.2. The Labute approximate surface area is 86.0 Å². The Balaban J connectivity index is 2.87. The summed E-state index contributed by atoms with van der Waals surface area (Å²) >= 11 is 0. The summed E-state index contributed by atoms with van der Waals surface area (Å²) in [6, 6.07) is 9.85. The van der Waals surface area contributed by atoms with Gasteiger partial charge in [-0.05, 0) is 19.0 Å². The number of aliphatic hydroxyl groups is 1. The molecule has 2 N–H and O–H groups in total. The number of nitrogens with one attached hydrogen (secondary N) is 1. The van der Waals surface area contributed by atoms with Gasteiger partial charge in [-0.3, -0.25) is 0 Å². The first-order valence-corrected chi connectivity index (χ1v) is 5.15.